The second-order valence-electron chi connectivity index (χ2n) is 8.45. The predicted octanol–water partition coefficient (Wildman–Crippen LogP) is 6.79. The van der Waals surface area contributed by atoms with Crippen LogP contribution in [0.25, 0.3) is 0 Å². The van der Waals surface area contributed by atoms with Crippen molar-refractivity contribution in [2.75, 3.05) is 6.54 Å². The van der Waals surface area contributed by atoms with Crippen LogP contribution in [0.5, 0.6) is 0 Å². The standard InChI is InChI=1S/C24H26ClF3N2O.ClH/c25-21-12-11-18(24(26,27)28)14-20(21)23(31)29-15-16-7-9-17(10-8-16)22-6-3-5-19-4-1-2-13-30(19)22;/h7-12,14,19,22H,1-6,13,15H2,(H,29,31);1H. The van der Waals surface area contributed by atoms with Crippen molar-refractivity contribution in [3.63, 3.8) is 0 Å². The van der Waals surface area contributed by atoms with Gasteiger partial charge in [0.25, 0.3) is 5.91 Å². The zero-order valence-electron chi connectivity index (χ0n) is 17.6. The molecule has 2 aliphatic rings. The highest BCUT2D eigenvalue weighted by atomic mass is 35.5. The lowest BCUT2D eigenvalue weighted by Crippen LogP contribution is -2.44. The van der Waals surface area contributed by atoms with Gasteiger partial charge in [0.15, 0.2) is 0 Å². The highest BCUT2D eigenvalue weighted by molar-refractivity contribution is 6.33. The zero-order chi connectivity index (χ0) is 22.0. The summed E-state index contributed by atoms with van der Waals surface area (Å²) in [5, 5.41) is 2.67. The minimum atomic E-state index is -4.53. The smallest absolute Gasteiger partial charge is 0.348 e. The molecule has 2 saturated heterocycles. The summed E-state index contributed by atoms with van der Waals surface area (Å²) in [5.74, 6) is -0.622. The van der Waals surface area contributed by atoms with Crippen molar-refractivity contribution in [2.45, 2.75) is 63.3 Å². The molecule has 174 valence electrons. The SMILES string of the molecule is Cl.O=C(NCc1ccc(C2CCCC3CCCCN32)cc1)c1cc(C(F)(F)F)ccc1Cl. The summed E-state index contributed by atoms with van der Waals surface area (Å²) in [6.45, 7) is 1.38. The molecule has 8 heteroatoms. The molecular weight excluding hydrogens is 460 g/mol. The Morgan fingerprint density at radius 1 is 1.03 bits per heavy atom. The van der Waals surface area contributed by atoms with E-state index in [9.17, 15) is 18.0 Å². The lowest BCUT2D eigenvalue weighted by molar-refractivity contribution is -0.137. The van der Waals surface area contributed by atoms with Crippen molar-refractivity contribution in [1.82, 2.24) is 10.2 Å². The second-order valence-corrected chi connectivity index (χ2v) is 8.86. The first-order valence-corrected chi connectivity index (χ1v) is 11.2. The van der Waals surface area contributed by atoms with Crippen LogP contribution in [0.4, 0.5) is 13.2 Å². The molecule has 4 rings (SSSR count). The molecule has 1 N–H and O–H groups in total. The molecular formula is C24H27Cl2F3N2O. The van der Waals surface area contributed by atoms with Crippen LogP contribution in [-0.4, -0.2) is 23.4 Å². The second kappa shape index (κ2) is 10.4. The summed E-state index contributed by atoms with van der Waals surface area (Å²) in [4.78, 5) is 15.1. The van der Waals surface area contributed by atoms with Crippen molar-refractivity contribution in [3.8, 4) is 0 Å². The average molecular weight is 487 g/mol. The topological polar surface area (TPSA) is 32.3 Å². The summed E-state index contributed by atoms with van der Waals surface area (Å²) >= 11 is 5.95. The van der Waals surface area contributed by atoms with Gasteiger partial charge >= 0.3 is 6.18 Å². The van der Waals surface area contributed by atoms with Crippen molar-refractivity contribution < 1.29 is 18.0 Å². The lowest BCUT2D eigenvalue weighted by Gasteiger charge is -2.45. The highest BCUT2D eigenvalue weighted by Crippen LogP contribution is 2.38. The van der Waals surface area contributed by atoms with Crippen molar-refractivity contribution in [2.24, 2.45) is 0 Å². The number of amides is 1. The Bertz CT molecular complexity index is 932. The molecule has 0 saturated carbocycles. The fraction of sp³-hybridized carbons (Fsp3) is 0.458. The number of fused-ring (bicyclic) bond motifs is 1. The summed E-state index contributed by atoms with van der Waals surface area (Å²) in [6, 6.07) is 12.1. The molecule has 3 nitrogen and oxygen atoms in total. The van der Waals surface area contributed by atoms with Gasteiger partial charge in [-0.05, 0) is 68.0 Å². The van der Waals surface area contributed by atoms with E-state index in [1.807, 2.05) is 12.1 Å². The van der Waals surface area contributed by atoms with E-state index in [1.165, 1.54) is 44.1 Å². The first-order chi connectivity index (χ1) is 14.8. The molecule has 0 aromatic heterocycles. The van der Waals surface area contributed by atoms with E-state index in [-0.39, 0.29) is 29.5 Å². The van der Waals surface area contributed by atoms with Crippen molar-refractivity contribution in [3.05, 3.63) is 69.7 Å². The fourth-order valence-corrected chi connectivity index (χ4v) is 5.03. The molecule has 2 unspecified atom stereocenters. The summed E-state index contributed by atoms with van der Waals surface area (Å²) in [7, 11) is 0. The number of nitrogens with one attached hydrogen (secondary N) is 1. The minimum absolute atomic E-state index is 0. The van der Waals surface area contributed by atoms with Gasteiger partial charge in [-0.2, -0.15) is 13.2 Å². The van der Waals surface area contributed by atoms with Gasteiger partial charge in [-0.1, -0.05) is 42.3 Å². The van der Waals surface area contributed by atoms with Gasteiger partial charge in [0.05, 0.1) is 16.1 Å². The minimum Gasteiger partial charge on any atom is -0.348 e. The monoisotopic (exact) mass is 486 g/mol. The van der Waals surface area contributed by atoms with E-state index < -0.39 is 17.6 Å². The van der Waals surface area contributed by atoms with Crippen LogP contribution in [-0.2, 0) is 12.7 Å². The van der Waals surface area contributed by atoms with Gasteiger partial charge in [-0.15, -0.1) is 12.4 Å². The van der Waals surface area contributed by atoms with Crippen LogP contribution in [0.1, 0.15) is 71.6 Å². The van der Waals surface area contributed by atoms with Gasteiger partial charge < -0.3 is 5.32 Å². The quantitative estimate of drug-likeness (QED) is 0.515. The molecule has 2 heterocycles. The average Bonchev–Trinajstić information content (AvgIpc) is 2.77. The highest BCUT2D eigenvalue weighted by Gasteiger charge is 2.33. The van der Waals surface area contributed by atoms with Crippen molar-refractivity contribution >= 4 is 29.9 Å². The zero-order valence-corrected chi connectivity index (χ0v) is 19.2. The Morgan fingerprint density at radius 2 is 1.75 bits per heavy atom. The number of alkyl halides is 3. The third-order valence-electron chi connectivity index (χ3n) is 6.44. The number of nitrogens with zero attached hydrogens (tertiary/aromatic N) is 1. The number of carbonyl (C=O) groups excluding carboxylic acids is 1. The maximum absolute atomic E-state index is 12.9. The molecule has 0 bridgehead atoms. The van der Waals surface area contributed by atoms with E-state index in [4.69, 9.17) is 11.6 Å². The third kappa shape index (κ3) is 5.59. The molecule has 0 spiro atoms. The first kappa shape index (κ1) is 24.9. The molecule has 2 aromatic carbocycles. The maximum Gasteiger partial charge on any atom is 0.416 e. The van der Waals surface area contributed by atoms with Gasteiger partial charge in [0.2, 0.25) is 0 Å². The number of hydrogen-bond donors (Lipinski definition) is 1. The molecule has 2 atom stereocenters. The molecule has 0 aliphatic carbocycles. The Labute approximate surface area is 197 Å². The number of piperidine rings is 2. The first-order valence-electron chi connectivity index (χ1n) is 10.8. The number of halogens is 5. The molecule has 2 aliphatic heterocycles. The Morgan fingerprint density at radius 3 is 2.47 bits per heavy atom. The van der Waals surface area contributed by atoms with Gasteiger partial charge in [0, 0.05) is 18.6 Å². The van der Waals surface area contributed by atoms with Gasteiger partial charge in [-0.25, -0.2) is 0 Å². The normalized spacial score (nSPS) is 21.4. The number of carbonyl (C=O) groups is 1. The van der Waals surface area contributed by atoms with Crippen LogP contribution in [0.2, 0.25) is 5.02 Å². The summed E-state index contributed by atoms with van der Waals surface area (Å²) in [5.41, 5.74) is 1.12. The van der Waals surface area contributed by atoms with Crippen molar-refractivity contribution in [1.29, 1.82) is 0 Å². The van der Waals surface area contributed by atoms with E-state index in [1.54, 1.807) is 0 Å². The fourth-order valence-electron chi connectivity index (χ4n) is 4.82. The molecule has 0 radical (unpaired) electrons. The van der Waals surface area contributed by atoms with Crippen LogP contribution in [0, 0.1) is 0 Å². The Kier molecular flexibility index (Phi) is 8.12. The Hall–Kier alpha value is -1.76. The molecule has 1 amide bonds. The van der Waals surface area contributed by atoms with Crippen LogP contribution >= 0.6 is 24.0 Å². The number of rotatable bonds is 4. The van der Waals surface area contributed by atoms with Crippen LogP contribution in [0.15, 0.2) is 42.5 Å². The predicted molar refractivity (Wildman–Crippen MR) is 122 cm³/mol. The summed E-state index contributed by atoms with van der Waals surface area (Å²) in [6.07, 6.45) is 3.05. The van der Waals surface area contributed by atoms with E-state index >= 15 is 0 Å². The molecule has 2 aromatic rings. The van der Waals surface area contributed by atoms with E-state index in [0.29, 0.717) is 12.1 Å². The van der Waals surface area contributed by atoms with Gasteiger partial charge in [0.1, 0.15) is 0 Å². The molecule has 32 heavy (non-hydrogen) atoms. The summed E-state index contributed by atoms with van der Waals surface area (Å²) < 4.78 is 38.8. The third-order valence-corrected chi connectivity index (χ3v) is 6.77. The van der Waals surface area contributed by atoms with Gasteiger partial charge in [-0.3, -0.25) is 9.69 Å². The van der Waals surface area contributed by atoms with Crippen LogP contribution < -0.4 is 5.32 Å². The molecule has 2 fully saturated rings. The number of hydrogen-bond acceptors (Lipinski definition) is 2. The largest absolute Gasteiger partial charge is 0.416 e. The van der Waals surface area contributed by atoms with E-state index in [0.717, 1.165) is 30.3 Å². The lowest BCUT2D eigenvalue weighted by atomic mass is 9.86. The Balaban J connectivity index is 0.00000289. The maximum atomic E-state index is 12.9. The van der Waals surface area contributed by atoms with Crippen LogP contribution in [0.3, 0.4) is 0 Å². The number of benzene rings is 2. The van der Waals surface area contributed by atoms with E-state index in [2.05, 4.69) is 22.3 Å².